The highest BCUT2D eigenvalue weighted by Crippen LogP contribution is 2.39. The first-order chi connectivity index (χ1) is 12.1. The Bertz CT molecular complexity index is 894. The van der Waals surface area contributed by atoms with Crippen molar-refractivity contribution in [2.75, 3.05) is 5.75 Å². The number of benzene rings is 2. The van der Waals surface area contributed by atoms with Gasteiger partial charge in [0.25, 0.3) is 0 Å². The first-order valence-corrected chi connectivity index (χ1v) is 8.72. The van der Waals surface area contributed by atoms with Gasteiger partial charge in [0.2, 0.25) is 11.8 Å². The Morgan fingerprint density at radius 3 is 2.60 bits per heavy atom. The van der Waals surface area contributed by atoms with Crippen molar-refractivity contribution in [3.05, 3.63) is 65.5 Å². The van der Waals surface area contributed by atoms with E-state index in [1.807, 2.05) is 13.0 Å². The van der Waals surface area contributed by atoms with E-state index < -0.39 is 5.97 Å². The number of thioether (sulfide) groups is 1. The molecule has 3 rings (SSSR count). The highest BCUT2D eigenvalue weighted by Gasteiger charge is 2.25. The largest absolute Gasteiger partial charge is 0.508 e. The van der Waals surface area contributed by atoms with Gasteiger partial charge < -0.3 is 14.6 Å². The Morgan fingerprint density at radius 1 is 1.16 bits per heavy atom. The van der Waals surface area contributed by atoms with Gasteiger partial charge in [-0.15, -0.1) is 22.0 Å². The SMILES string of the molecule is CCSC(c1nnc(-c2ccccc2C(=O)O)o1)c1ccccc1O. The molecule has 2 aromatic carbocycles. The monoisotopic (exact) mass is 356 g/mol. The summed E-state index contributed by atoms with van der Waals surface area (Å²) in [5.41, 5.74) is 1.14. The van der Waals surface area contributed by atoms with Gasteiger partial charge in [0.05, 0.1) is 11.1 Å². The topological polar surface area (TPSA) is 96.5 Å². The molecule has 0 aliphatic carbocycles. The standard InChI is InChI=1S/C18H16N2O4S/c1-2-25-15(13-9-5-6-10-14(13)21)17-20-19-16(24-17)11-7-3-4-8-12(11)18(22)23/h3-10,15,21H,2H2,1H3,(H,22,23). The van der Waals surface area contributed by atoms with E-state index in [0.717, 1.165) is 5.75 Å². The number of phenols is 1. The van der Waals surface area contributed by atoms with Gasteiger partial charge in [-0.2, -0.15) is 0 Å². The molecule has 128 valence electrons. The fourth-order valence-electron chi connectivity index (χ4n) is 2.48. The Hall–Kier alpha value is -2.80. The lowest BCUT2D eigenvalue weighted by molar-refractivity contribution is 0.0697. The molecule has 2 N–H and O–H groups in total. The van der Waals surface area contributed by atoms with Crippen LogP contribution in [-0.4, -0.2) is 32.1 Å². The van der Waals surface area contributed by atoms with Crippen molar-refractivity contribution in [1.82, 2.24) is 10.2 Å². The van der Waals surface area contributed by atoms with E-state index in [-0.39, 0.29) is 22.5 Å². The van der Waals surface area contributed by atoms with Crippen LogP contribution < -0.4 is 0 Å². The molecule has 1 aromatic heterocycles. The number of carbonyl (C=O) groups is 1. The van der Waals surface area contributed by atoms with Crippen molar-refractivity contribution < 1.29 is 19.4 Å². The van der Waals surface area contributed by atoms with Crippen LogP contribution in [0.3, 0.4) is 0 Å². The van der Waals surface area contributed by atoms with E-state index in [1.54, 1.807) is 48.2 Å². The second-order valence-corrected chi connectivity index (χ2v) is 6.57. The van der Waals surface area contributed by atoms with E-state index in [1.165, 1.54) is 6.07 Å². The Morgan fingerprint density at radius 2 is 1.88 bits per heavy atom. The summed E-state index contributed by atoms with van der Waals surface area (Å²) in [6.45, 7) is 1.99. The van der Waals surface area contributed by atoms with Crippen LogP contribution in [0, 0.1) is 0 Å². The highest BCUT2D eigenvalue weighted by atomic mass is 32.2. The first-order valence-electron chi connectivity index (χ1n) is 7.67. The number of rotatable bonds is 6. The number of para-hydroxylation sites is 1. The van der Waals surface area contributed by atoms with Crippen LogP contribution in [0.2, 0.25) is 0 Å². The smallest absolute Gasteiger partial charge is 0.336 e. The molecule has 1 atom stereocenters. The third-order valence-electron chi connectivity index (χ3n) is 3.61. The normalized spacial score (nSPS) is 12.0. The zero-order chi connectivity index (χ0) is 17.8. The molecule has 25 heavy (non-hydrogen) atoms. The molecule has 3 aromatic rings. The molecule has 6 nitrogen and oxygen atoms in total. The van der Waals surface area contributed by atoms with Crippen molar-refractivity contribution in [3.8, 4) is 17.2 Å². The predicted molar refractivity (Wildman–Crippen MR) is 94.8 cm³/mol. The Kier molecular flexibility index (Phi) is 5.04. The lowest BCUT2D eigenvalue weighted by Gasteiger charge is -2.13. The highest BCUT2D eigenvalue weighted by molar-refractivity contribution is 7.99. The molecule has 0 saturated carbocycles. The number of phenolic OH excluding ortho intramolecular Hbond substituents is 1. The van der Waals surface area contributed by atoms with E-state index in [2.05, 4.69) is 10.2 Å². The maximum Gasteiger partial charge on any atom is 0.336 e. The summed E-state index contributed by atoms with van der Waals surface area (Å²) in [6.07, 6.45) is 0. The predicted octanol–water partition coefficient (Wildman–Crippen LogP) is 3.98. The first kappa shape index (κ1) is 17.0. The molecule has 0 saturated heterocycles. The lowest BCUT2D eigenvalue weighted by Crippen LogP contribution is -1.99. The number of nitrogens with zero attached hydrogens (tertiary/aromatic N) is 2. The van der Waals surface area contributed by atoms with E-state index >= 15 is 0 Å². The van der Waals surface area contributed by atoms with Crippen LogP contribution in [0.25, 0.3) is 11.5 Å². The van der Waals surface area contributed by atoms with Gasteiger partial charge in [0, 0.05) is 5.56 Å². The maximum atomic E-state index is 11.4. The van der Waals surface area contributed by atoms with E-state index in [4.69, 9.17) is 4.42 Å². The second kappa shape index (κ2) is 7.40. The average Bonchev–Trinajstić information content (AvgIpc) is 3.10. The van der Waals surface area contributed by atoms with Crippen LogP contribution in [0.5, 0.6) is 5.75 Å². The minimum absolute atomic E-state index is 0.0972. The summed E-state index contributed by atoms with van der Waals surface area (Å²) < 4.78 is 5.77. The maximum absolute atomic E-state index is 11.4. The number of hydrogen-bond donors (Lipinski definition) is 2. The summed E-state index contributed by atoms with van der Waals surface area (Å²) in [5, 5.41) is 27.2. The molecule has 0 amide bonds. The minimum Gasteiger partial charge on any atom is -0.508 e. The fourth-order valence-corrected chi connectivity index (χ4v) is 3.43. The average molecular weight is 356 g/mol. The van der Waals surface area contributed by atoms with E-state index in [9.17, 15) is 15.0 Å². The molecule has 1 unspecified atom stereocenters. The van der Waals surface area contributed by atoms with Crippen LogP contribution in [0.4, 0.5) is 0 Å². The molecule has 1 heterocycles. The molecule has 0 radical (unpaired) electrons. The van der Waals surface area contributed by atoms with Gasteiger partial charge in [0.1, 0.15) is 11.0 Å². The zero-order valence-corrected chi connectivity index (χ0v) is 14.2. The molecule has 0 spiro atoms. The fraction of sp³-hybridized carbons (Fsp3) is 0.167. The van der Waals surface area contributed by atoms with E-state index in [0.29, 0.717) is 17.0 Å². The number of aromatic nitrogens is 2. The number of aromatic hydroxyl groups is 1. The van der Waals surface area contributed by atoms with Crippen molar-refractivity contribution in [2.24, 2.45) is 0 Å². The quantitative estimate of drug-likeness (QED) is 0.689. The van der Waals surface area contributed by atoms with Gasteiger partial charge in [-0.3, -0.25) is 0 Å². The summed E-state index contributed by atoms with van der Waals surface area (Å²) in [7, 11) is 0. The molecule has 7 heteroatoms. The summed E-state index contributed by atoms with van der Waals surface area (Å²) in [4.78, 5) is 11.4. The minimum atomic E-state index is -1.06. The lowest BCUT2D eigenvalue weighted by atomic mass is 10.1. The van der Waals surface area contributed by atoms with Crippen molar-refractivity contribution in [1.29, 1.82) is 0 Å². The third kappa shape index (κ3) is 3.51. The summed E-state index contributed by atoms with van der Waals surface area (Å²) in [6, 6.07) is 13.5. The van der Waals surface area contributed by atoms with Gasteiger partial charge in [0.15, 0.2) is 0 Å². The van der Waals surface area contributed by atoms with Crippen LogP contribution in [0.15, 0.2) is 52.9 Å². The molecular formula is C18H16N2O4S. The van der Waals surface area contributed by atoms with Crippen LogP contribution in [0.1, 0.15) is 34.0 Å². The van der Waals surface area contributed by atoms with Gasteiger partial charge in [-0.05, 0) is 24.0 Å². The number of carboxylic acids is 1. The van der Waals surface area contributed by atoms with Crippen molar-refractivity contribution >= 4 is 17.7 Å². The van der Waals surface area contributed by atoms with Gasteiger partial charge in [-0.25, -0.2) is 4.79 Å². The summed E-state index contributed by atoms with van der Waals surface area (Å²) in [5.74, 6) is 0.339. The van der Waals surface area contributed by atoms with Crippen molar-refractivity contribution in [2.45, 2.75) is 12.2 Å². The number of carboxylic acid groups (broad SMARTS) is 1. The molecule has 0 aliphatic heterocycles. The van der Waals surface area contributed by atoms with Gasteiger partial charge >= 0.3 is 5.97 Å². The Labute approximate surface area is 148 Å². The van der Waals surface area contributed by atoms with Crippen molar-refractivity contribution in [3.63, 3.8) is 0 Å². The zero-order valence-electron chi connectivity index (χ0n) is 13.4. The Balaban J connectivity index is 2.02. The summed E-state index contributed by atoms with van der Waals surface area (Å²) >= 11 is 1.54. The molecular weight excluding hydrogens is 340 g/mol. The van der Waals surface area contributed by atoms with Crippen LogP contribution in [-0.2, 0) is 0 Å². The number of hydrogen-bond acceptors (Lipinski definition) is 6. The molecule has 0 aliphatic rings. The van der Waals surface area contributed by atoms with Crippen LogP contribution >= 0.6 is 11.8 Å². The molecule has 0 bridgehead atoms. The second-order valence-electron chi connectivity index (χ2n) is 5.19. The molecule has 0 fully saturated rings. The van der Waals surface area contributed by atoms with Gasteiger partial charge in [-0.1, -0.05) is 37.3 Å². The number of aromatic carboxylic acids is 1. The third-order valence-corrected chi connectivity index (χ3v) is 4.73.